The molecule has 3 heterocycles. The Morgan fingerprint density at radius 1 is 1.09 bits per heavy atom. The van der Waals surface area contributed by atoms with Gasteiger partial charge in [0.15, 0.2) is 0 Å². The van der Waals surface area contributed by atoms with E-state index in [4.69, 9.17) is 14.6 Å². The van der Waals surface area contributed by atoms with E-state index < -0.39 is 5.97 Å². The predicted molar refractivity (Wildman–Crippen MR) is 126 cm³/mol. The number of aromatic nitrogens is 2. The summed E-state index contributed by atoms with van der Waals surface area (Å²) in [5, 5.41) is 14.9. The number of ether oxygens (including phenoxy) is 2. The fourth-order valence-electron chi connectivity index (χ4n) is 3.91. The Labute approximate surface area is 196 Å². The van der Waals surface area contributed by atoms with Gasteiger partial charge in [0.25, 0.3) is 0 Å². The SMILES string of the molecule is CN(C)c1ccc(-c2ccnc(NC3COC4C(NC(=O)CSCC(=O)O)COC34)n2)cc1. The van der Waals surface area contributed by atoms with Crippen molar-refractivity contribution < 1.29 is 24.2 Å². The number of carboxylic acid groups (broad SMARTS) is 1. The van der Waals surface area contributed by atoms with Crippen molar-refractivity contribution in [2.45, 2.75) is 24.3 Å². The topological polar surface area (TPSA) is 126 Å². The van der Waals surface area contributed by atoms with E-state index in [0.717, 1.165) is 28.7 Å². The van der Waals surface area contributed by atoms with Gasteiger partial charge in [0.1, 0.15) is 12.2 Å². The molecule has 11 heteroatoms. The monoisotopic (exact) mass is 473 g/mol. The van der Waals surface area contributed by atoms with Gasteiger partial charge in [-0.05, 0) is 18.2 Å². The van der Waals surface area contributed by atoms with Crippen LogP contribution in [0.3, 0.4) is 0 Å². The number of aliphatic carboxylic acids is 1. The summed E-state index contributed by atoms with van der Waals surface area (Å²) in [6.07, 6.45) is 1.19. The van der Waals surface area contributed by atoms with E-state index in [2.05, 4.69) is 20.6 Å². The molecule has 2 aromatic rings. The summed E-state index contributed by atoms with van der Waals surface area (Å²) >= 11 is 1.06. The van der Waals surface area contributed by atoms with Gasteiger partial charge in [-0.2, -0.15) is 0 Å². The standard InChI is InChI=1S/C22H27N5O5S/c1-27(2)14-5-3-13(4-6-14)15-7-8-23-22(25-15)26-17-10-32-20-16(9-31-21(17)20)24-18(28)11-33-12-19(29)30/h3-8,16-17,20-21H,9-12H2,1-2H3,(H,24,28)(H,29,30)(H,23,25,26). The van der Waals surface area contributed by atoms with Crippen LogP contribution in [0.4, 0.5) is 11.6 Å². The molecule has 0 spiro atoms. The molecule has 33 heavy (non-hydrogen) atoms. The van der Waals surface area contributed by atoms with Crippen molar-refractivity contribution in [3.63, 3.8) is 0 Å². The van der Waals surface area contributed by atoms with E-state index >= 15 is 0 Å². The van der Waals surface area contributed by atoms with E-state index in [9.17, 15) is 9.59 Å². The van der Waals surface area contributed by atoms with Crippen LogP contribution >= 0.6 is 11.8 Å². The van der Waals surface area contributed by atoms with E-state index in [-0.39, 0.29) is 41.7 Å². The Morgan fingerprint density at radius 3 is 2.48 bits per heavy atom. The minimum Gasteiger partial charge on any atom is -0.481 e. The van der Waals surface area contributed by atoms with E-state index in [1.165, 1.54) is 0 Å². The third kappa shape index (κ3) is 5.73. The highest BCUT2D eigenvalue weighted by Crippen LogP contribution is 2.29. The van der Waals surface area contributed by atoms with Crippen LogP contribution in [0, 0.1) is 0 Å². The first-order chi connectivity index (χ1) is 15.9. The normalized spacial score (nSPS) is 23.7. The first-order valence-electron chi connectivity index (χ1n) is 10.6. The fourth-order valence-corrected chi connectivity index (χ4v) is 4.46. The lowest BCUT2D eigenvalue weighted by Gasteiger charge is -2.18. The lowest BCUT2D eigenvalue weighted by Crippen LogP contribution is -2.45. The highest BCUT2D eigenvalue weighted by atomic mass is 32.2. The Morgan fingerprint density at radius 2 is 1.79 bits per heavy atom. The molecule has 0 saturated carbocycles. The minimum absolute atomic E-state index is 0.0814. The van der Waals surface area contributed by atoms with Gasteiger partial charge in [0.05, 0.1) is 42.5 Å². The van der Waals surface area contributed by atoms with Gasteiger partial charge in [0, 0.05) is 31.5 Å². The van der Waals surface area contributed by atoms with Gasteiger partial charge in [-0.3, -0.25) is 9.59 Å². The van der Waals surface area contributed by atoms with Crippen LogP contribution in [0.25, 0.3) is 11.3 Å². The summed E-state index contributed by atoms with van der Waals surface area (Å²) in [5.41, 5.74) is 2.91. The molecule has 0 aliphatic carbocycles. The number of nitrogens with zero attached hydrogens (tertiary/aromatic N) is 3. The van der Waals surface area contributed by atoms with Crippen LogP contribution in [-0.2, 0) is 19.1 Å². The van der Waals surface area contributed by atoms with Crippen LogP contribution in [0.15, 0.2) is 36.5 Å². The molecule has 0 radical (unpaired) electrons. The molecule has 2 aliphatic rings. The first kappa shape index (κ1) is 23.3. The number of hydrogen-bond acceptors (Lipinski definition) is 9. The molecular weight excluding hydrogens is 446 g/mol. The maximum atomic E-state index is 12.1. The molecule has 0 bridgehead atoms. The number of rotatable bonds is 9. The lowest BCUT2D eigenvalue weighted by molar-refractivity contribution is -0.133. The van der Waals surface area contributed by atoms with Crippen molar-refractivity contribution >= 4 is 35.3 Å². The molecule has 1 amide bonds. The number of carboxylic acids is 1. The smallest absolute Gasteiger partial charge is 0.313 e. The van der Waals surface area contributed by atoms with Crippen LogP contribution in [0.5, 0.6) is 0 Å². The average Bonchev–Trinajstić information content (AvgIpc) is 3.37. The molecule has 4 unspecified atom stereocenters. The number of nitrogens with one attached hydrogen (secondary N) is 2. The van der Waals surface area contributed by atoms with Gasteiger partial charge >= 0.3 is 5.97 Å². The van der Waals surface area contributed by atoms with Crippen molar-refractivity contribution in [1.82, 2.24) is 15.3 Å². The van der Waals surface area contributed by atoms with E-state index in [0.29, 0.717) is 19.2 Å². The Hall–Kier alpha value is -2.89. The number of fused-ring (bicyclic) bond motifs is 1. The van der Waals surface area contributed by atoms with Gasteiger partial charge in [-0.1, -0.05) is 12.1 Å². The van der Waals surface area contributed by atoms with Gasteiger partial charge < -0.3 is 30.1 Å². The second-order valence-corrected chi connectivity index (χ2v) is 9.10. The van der Waals surface area contributed by atoms with Crippen LogP contribution < -0.4 is 15.5 Å². The van der Waals surface area contributed by atoms with Crippen LogP contribution in [0.1, 0.15) is 0 Å². The summed E-state index contributed by atoms with van der Waals surface area (Å²) in [7, 11) is 4.00. The van der Waals surface area contributed by atoms with Gasteiger partial charge in [-0.15, -0.1) is 11.8 Å². The van der Waals surface area contributed by atoms with Crippen molar-refractivity contribution in [3.05, 3.63) is 36.5 Å². The Balaban J connectivity index is 1.34. The number of thioether (sulfide) groups is 1. The number of carbonyl (C=O) groups excluding carboxylic acids is 1. The molecule has 1 aromatic carbocycles. The third-order valence-electron chi connectivity index (χ3n) is 5.51. The largest absolute Gasteiger partial charge is 0.481 e. The van der Waals surface area contributed by atoms with Crippen molar-refractivity contribution in [2.24, 2.45) is 0 Å². The van der Waals surface area contributed by atoms with Crippen molar-refractivity contribution in [3.8, 4) is 11.3 Å². The molecule has 4 rings (SSSR count). The number of benzene rings is 1. The molecule has 1 aromatic heterocycles. The fraction of sp³-hybridized carbons (Fsp3) is 0.455. The molecule has 4 atom stereocenters. The van der Waals surface area contributed by atoms with Crippen LogP contribution in [0.2, 0.25) is 0 Å². The summed E-state index contributed by atoms with van der Waals surface area (Å²) in [5.74, 6) is -0.714. The van der Waals surface area contributed by atoms with Crippen LogP contribution in [-0.4, -0.2) is 90.1 Å². The van der Waals surface area contributed by atoms with E-state index in [1.807, 2.05) is 49.3 Å². The molecule has 10 nitrogen and oxygen atoms in total. The molecule has 176 valence electrons. The molecular formula is C22H27N5O5S. The van der Waals surface area contributed by atoms with Crippen molar-refractivity contribution in [2.75, 3.05) is 49.0 Å². The van der Waals surface area contributed by atoms with Gasteiger partial charge in [-0.25, -0.2) is 9.97 Å². The molecule has 2 saturated heterocycles. The Bertz CT molecular complexity index is 989. The zero-order valence-corrected chi connectivity index (χ0v) is 19.2. The number of hydrogen-bond donors (Lipinski definition) is 3. The summed E-state index contributed by atoms with van der Waals surface area (Å²) < 4.78 is 11.8. The number of anilines is 2. The molecule has 2 aliphatic heterocycles. The minimum atomic E-state index is -0.943. The second-order valence-electron chi connectivity index (χ2n) is 8.11. The average molecular weight is 474 g/mol. The Kier molecular flexibility index (Phi) is 7.31. The molecule has 2 fully saturated rings. The maximum absolute atomic E-state index is 12.1. The number of amides is 1. The first-order valence-corrected chi connectivity index (χ1v) is 11.8. The zero-order chi connectivity index (χ0) is 23.4. The summed E-state index contributed by atoms with van der Waals surface area (Å²) in [6, 6.07) is 9.58. The highest BCUT2D eigenvalue weighted by molar-refractivity contribution is 8.00. The van der Waals surface area contributed by atoms with E-state index in [1.54, 1.807) is 6.20 Å². The van der Waals surface area contributed by atoms with Gasteiger partial charge in [0.2, 0.25) is 11.9 Å². The molecule has 3 N–H and O–H groups in total. The maximum Gasteiger partial charge on any atom is 0.313 e. The quantitative estimate of drug-likeness (QED) is 0.487. The summed E-state index contributed by atoms with van der Waals surface area (Å²) in [6.45, 7) is 0.739. The van der Waals surface area contributed by atoms with Crippen molar-refractivity contribution in [1.29, 1.82) is 0 Å². The number of carbonyl (C=O) groups is 2. The third-order valence-corrected chi connectivity index (χ3v) is 6.43. The predicted octanol–water partition coefficient (Wildman–Crippen LogP) is 1.09. The zero-order valence-electron chi connectivity index (χ0n) is 18.4. The lowest BCUT2D eigenvalue weighted by atomic mass is 10.1. The highest BCUT2D eigenvalue weighted by Gasteiger charge is 2.48. The second kappa shape index (κ2) is 10.4. The summed E-state index contributed by atoms with van der Waals surface area (Å²) in [4.78, 5) is 33.7.